The van der Waals surface area contributed by atoms with Crippen molar-refractivity contribution in [2.24, 2.45) is 5.92 Å². The molecule has 2 aliphatic rings. The van der Waals surface area contributed by atoms with Gasteiger partial charge < -0.3 is 24.1 Å². The van der Waals surface area contributed by atoms with Gasteiger partial charge in [-0.25, -0.2) is 0 Å². The lowest BCUT2D eigenvalue weighted by Crippen LogP contribution is -2.32. The highest BCUT2D eigenvalue weighted by molar-refractivity contribution is 5.78. The summed E-state index contributed by atoms with van der Waals surface area (Å²) in [4.78, 5) is 14.8. The molecule has 5 rings (SSSR count). The lowest BCUT2D eigenvalue weighted by Gasteiger charge is -2.20. The van der Waals surface area contributed by atoms with E-state index in [1.807, 2.05) is 36.4 Å². The minimum Gasteiger partial charge on any atom is -0.493 e. The molecule has 1 fully saturated rings. The van der Waals surface area contributed by atoms with E-state index >= 15 is 0 Å². The number of carbonyl (C=O) groups excluding carboxylic acids is 1. The second kappa shape index (κ2) is 11.5. The molecule has 1 atom stereocenters. The van der Waals surface area contributed by atoms with Crippen molar-refractivity contribution < 1.29 is 19.0 Å². The van der Waals surface area contributed by atoms with E-state index in [4.69, 9.17) is 14.2 Å². The molecule has 1 amide bonds. The van der Waals surface area contributed by atoms with Gasteiger partial charge in [-0.15, -0.1) is 10.2 Å². The van der Waals surface area contributed by atoms with Crippen molar-refractivity contribution in [2.45, 2.75) is 39.1 Å². The molecular weight excluding hydrogens is 458 g/mol. The van der Waals surface area contributed by atoms with Crippen LogP contribution in [0, 0.1) is 5.92 Å². The maximum Gasteiger partial charge on any atom is 0.225 e. The average Bonchev–Trinajstić information content (AvgIpc) is 3.55. The van der Waals surface area contributed by atoms with Gasteiger partial charge in [0.25, 0.3) is 0 Å². The fourth-order valence-electron chi connectivity index (χ4n) is 4.69. The molecule has 1 aromatic heterocycles. The van der Waals surface area contributed by atoms with Gasteiger partial charge >= 0.3 is 0 Å². The van der Waals surface area contributed by atoms with E-state index < -0.39 is 0 Å². The number of ether oxygens (including phenoxy) is 3. The highest BCUT2D eigenvalue weighted by Gasteiger charge is 2.24. The summed E-state index contributed by atoms with van der Waals surface area (Å²) in [6, 6.07) is 16.2. The average molecular weight is 492 g/mol. The second-order valence-electron chi connectivity index (χ2n) is 9.25. The summed E-state index contributed by atoms with van der Waals surface area (Å²) >= 11 is 0. The van der Waals surface area contributed by atoms with Gasteiger partial charge in [-0.3, -0.25) is 9.69 Å². The van der Waals surface area contributed by atoms with Crippen molar-refractivity contribution >= 4 is 5.91 Å². The maximum absolute atomic E-state index is 12.3. The number of nitrogens with one attached hydrogen (secondary N) is 1. The van der Waals surface area contributed by atoms with Crippen LogP contribution in [0.2, 0.25) is 0 Å². The molecule has 0 aliphatic carbocycles. The van der Waals surface area contributed by atoms with Gasteiger partial charge in [0, 0.05) is 39.2 Å². The SMILES string of the molecule is COc1cc(CN2CCc3nnc(CNC(=O)[C@@H]4CCOC4)n3CC2)ccc1OCc1ccccc1. The number of fused-ring (bicyclic) bond motifs is 1. The molecule has 9 nitrogen and oxygen atoms in total. The molecule has 2 aromatic carbocycles. The second-order valence-corrected chi connectivity index (χ2v) is 9.25. The Morgan fingerprint density at radius 1 is 1.08 bits per heavy atom. The maximum atomic E-state index is 12.3. The van der Waals surface area contributed by atoms with Crippen LogP contribution in [-0.4, -0.2) is 59.0 Å². The third-order valence-electron chi connectivity index (χ3n) is 6.79. The van der Waals surface area contributed by atoms with E-state index in [1.165, 1.54) is 5.56 Å². The first-order valence-corrected chi connectivity index (χ1v) is 12.5. The van der Waals surface area contributed by atoms with Gasteiger partial charge in [0.2, 0.25) is 5.91 Å². The first kappa shape index (κ1) is 24.3. The van der Waals surface area contributed by atoms with Crippen LogP contribution in [-0.2, 0) is 42.2 Å². The van der Waals surface area contributed by atoms with E-state index in [9.17, 15) is 4.79 Å². The molecule has 0 radical (unpaired) electrons. The van der Waals surface area contributed by atoms with Gasteiger partial charge in [-0.1, -0.05) is 36.4 Å². The van der Waals surface area contributed by atoms with Crippen LogP contribution < -0.4 is 14.8 Å². The van der Waals surface area contributed by atoms with Gasteiger partial charge in [-0.2, -0.15) is 0 Å². The summed E-state index contributed by atoms with van der Waals surface area (Å²) in [7, 11) is 1.67. The zero-order valence-electron chi connectivity index (χ0n) is 20.7. The van der Waals surface area contributed by atoms with Crippen LogP contribution in [0.15, 0.2) is 48.5 Å². The molecule has 3 heterocycles. The number of hydrogen-bond donors (Lipinski definition) is 1. The lowest BCUT2D eigenvalue weighted by molar-refractivity contribution is -0.125. The molecule has 2 aliphatic heterocycles. The van der Waals surface area contributed by atoms with E-state index in [0.717, 1.165) is 67.7 Å². The molecule has 3 aromatic rings. The number of nitrogens with zero attached hydrogens (tertiary/aromatic N) is 4. The largest absolute Gasteiger partial charge is 0.493 e. The normalized spacial score (nSPS) is 17.9. The van der Waals surface area contributed by atoms with Crippen LogP contribution >= 0.6 is 0 Å². The Bertz CT molecular complexity index is 1160. The van der Waals surface area contributed by atoms with Crippen LogP contribution in [0.25, 0.3) is 0 Å². The van der Waals surface area contributed by atoms with Crippen molar-refractivity contribution in [1.29, 1.82) is 0 Å². The van der Waals surface area contributed by atoms with Crippen molar-refractivity contribution in [3.63, 3.8) is 0 Å². The Hall–Kier alpha value is -3.43. The molecule has 190 valence electrons. The van der Waals surface area contributed by atoms with Crippen LogP contribution in [0.1, 0.15) is 29.2 Å². The summed E-state index contributed by atoms with van der Waals surface area (Å²) in [6.45, 7) is 5.41. The fraction of sp³-hybridized carbons (Fsp3) is 0.444. The number of aromatic nitrogens is 3. The fourth-order valence-corrected chi connectivity index (χ4v) is 4.69. The van der Waals surface area contributed by atoms with E-state index in [0.29, 0.717) is 26.4 Å². The molecule has 9 heteroatoms. The van der Waals surface area contributed by atoms with Crippen molar-refractivity contribution in [2.75, 3.05) is 33.4 Å². The van der Waals surface area contributed by atoms with E-state index in [1.54, 1.807) is 7.11 Å². The molecule has 0 saturated carbocycles. The van der Waals surface area contributed by atoms with E-state index in [-0.39, 0.29) is 11.8 Å². The Labute approximate surface area is 211 Å². The summed E-state index contributed by atoms with van der Waals surface area (Å²) in [5.74, 6) is 3.22. The molecule has 36 heavy (non-hydrogen) atoms. The smallest absolute Gasteiger partial charge is 0.225 e. The van der Waals surface area contributed by atoms with Crippen molar-refractivity contribution in [1.82, 2.24) is 25.0 Å². The predicted molar refractivity (Wildman–Crippen MR) is 134 cm³/mol. The predicted octanol–water partition coefficient (Wildman–Crippen LogP) is 2.58. The summed E-state index contributed by atoms with van der Waals surface area (Å²) in [5.41, 5.74) is 2.29. The standard InChI is InChI=1S/C27H33N5O4/c1-34-24-15-21(7-8-23(24)36-18-20-5-3-2-4-6-20)17-31-11-9-25-29-30-26(32(25)13-12-31)16-28-27(33)22-10-14-35-19-22/h2-8,15,22H,9-14,16-19H2,1H3,(H,28,33)/t22-/m1/s1. The number of rotatable bonds is 9. The Morgan fingerprint density at radius 2 is 1.97 bits per heavy atom. The van der Waals surface area contributed by atoms with Crippen molar-refractivity contribution in [3.8, 4) is 11.5 Å². The minimum atomic E-state index is -0.0564. The number of hydrogen-bond acceptors (Lipinski definition) is 7. The quantitative estimate of drug-likeness (QED) is 0.492. The molecule has 1 N–H and O–H groups in total. The summed E-state index contributed by atoms with van der Waals surface area (Å²) < 4.78 is 19.1. The van der Waals surface area contributed by atoms with Crippen LogP contribution in [0.4, 0.5) is 0 Å². The summed E-state index contributed by atoms with van der Waals surface area (Å²) in [6.07, 6.45) is 1.59. The first-order valence-electron chi connectivity index (χ1n) is 12.5. The number of benzene rings is 2. The Morgan fingerprint density at radius 3 is 2.78 bits per heavy atom. The van der Waals surface area contributed by atoms with E-state index in [2.05, 4.69) is 37.1 Å². The van der Waals surface area contributed by atoms with Crippen LogP contribution in [0.5, 0.6) is 11.5 Å². The monoisotopic (exact) mass is 491 g/mol. The highest BCUT2D eigenvalue weighted by Crippen LogP contribution is 2.29. The van der Waals surface area contributed by atoms with Gasteiger partial charge in [-0.05, 0) is 29.7 Å². The number of amides is 1. The molecule has 0 spiro atoms. The Kier molecular flexibility index (Phi) is 7.78. The third-order valence-corrected chi connectivity index (χ3v) is 6.79. The molecule has 0 unspecified atom stereocenters. The molecular formula is C27H33N5O4. The van der Waals surface area contributed by atoms with Gasteiger partial charge in [0.05, 0.1) is 26.2 Å². The number of carbonyl (C=O) groups is 1. The third kappa shape index (κ3) is 5.85. The van der Waals surface area contributed by atoms with Crippen LogP contribution in [0.3, 0.4) is 0 Å². The molecule has 1 saturated heterocycles. The molecule has 0 bridgehead atoms. The zero-order chi connectivity index (χ0) is 24.7. The highest BCUT2D eigenvalue weighted by atomic mass is 16.5. The Balaban J connectivity index is 1.16. The van der Waals surface area contributed by atoms with Gasteiger partial charge in [0.1, 0.15) is 12.4 Å². The van der Waals surface area contributed by atoms with Gasteiger partial charge in [0.15, 0.2) is 17.3 Å². The summed E-state index contributed by atoms with van der Waals surface area (Å²) in [5, 5.41) is 11.7. The first-order chi connectivity index (χ1) is 17.7. The topological polar surface area (TPSA) is 90.7 Å². The van der Waals surface area contributed by atoms with Crippen molar-refractivity contribution in [3.05, 3.63) is 71.3 Å². The minimum absolute atomic E-state index is 0.0326. The lowest BCUT2D eigenvalue weighted by atomic mass is 10.1. The number of methoxy groups -OCH3 is 1. The zero-order valence-corrected chi connectivity index (χ0v) is 20.7.